The number of rotatable bonds is 5. The molecule has 0 fully saturated rings. The SMILES string of the molecule is CCS(=O)(=O)c1ccc(-n2cnc(SC)n2)nc1-c1nc2cc(C)c[n+]([O-])c2n1C. The Balaban J connectivity index is 2.01. The molecule has 0 bridgehead atoms. The largest absolute Gasteiger partial charge is 0.711 e. The van der Waals surface area contributed by atoms with E-state index in [-0.39, 0.29) is 22.2 Å². The lowest BCUT2D eigenvalue weighted by Gasteiger charge is -2.09. The molecule has 4 rings (SSSR count). The zero-order valence-corrected chi connectivity index (χ0v) is 18.4. The molecular weight excluding hydrogens is 426 g/mol. The average Bonchev–Trinajstić information content (AvgIpc) is 3.32. The number of nitrogens with zero attached hydrogens (tertiary/aromatic N) is 7. The van der Waals surface area contributed by atoms with E-state index in [0.717, 1.165) is 10.3 Å². The van der Waals surface area contributed by atoms with Gasteiger partial charge in [-0.15, -0.1) is 5.10 Å². The summed E-state index contributed by atoms with van der Waals surface area (Å²) >= 11 is 1.38. The van der Waals surface area contributed by atoms with Crippen LogP contribution in [0.4, 0.5) is 0 Å². The number of aromatic nitrogens is 7. The van der Waals surface area contributed by atoms with Crippen molar-refractivity contribution in [2.75, 3.05) is 12.0 Å². The second-order valence-corrected chi connectivity index (χ2v) is 9.66. The van der Waals surface area contributed by atoms with Gasteiger partial charge in [-0.2, -0.15) is 4.98 Å². The first kappa shape index (κ1) is 20.3. The van der Waals surface area contributed by atoms with Crippen molar-refractivity contribution in [3.05, 3.63) is 41.5 Å². The van der Waals surface area contributed by atoms with E-state index in [2.05, 4.69) is 20.1 Å². The number of pyridine rings is 2. The van der Waals surface area contributed by atoms with Crippen LogP contribution < -0.4 is 4.73 Å². The minimum atomic E-state index is -3.60. The molecule has 0 aromatic carbocycles. The fraction of sp³-hybridized carbons (Fsp3) is 0.278. The first-order valence-corrected chi connectivity index (χ1v) is 11.9. The Morgan fingerprint density at radius 2 is 2.03 bits per heavy atom. The van der Waals surface area contributed by atoms with Crippen molar-refractivity contribution in [2.24, 2.45) is 7.05 Å². The van der Waals surface area contributed by atoms with Gasteiger partial charge in [0.2, 0.25) is 11.0 Å². The van der Waals surface area contributed by atoms with Gasteiger partial charge < -0.3 is 5.21 Å². The monoisotopic (exact) mass is 445 g/mol. The van der Waals surface area contributed by atoms with Crippen molar-refractivity contribution in [1.82, 2.24) is 29.3 Å². The van der Waals surface area contributed by atoms with Crippen molar-refractivity contribution >= 4 is 32.8 Å². The number of fused-ring (bicyclic) bond motifs is 1. The maximum absolute atomic E-state index is 12.8. The smallest absolute Gasteiger partial charge is 0.312 e. The summed E-state index contributed by atoms with van der Waals surface area (Å²) in [6.45, 7) is 3.36. The molecule has 0 N–H and O–H groups in total. The van der Waals surface area contributed by atoms with Gasteiger partial charge >= 0.3 is 5.65 Å². The summed E-state index contributed by atoms with van der Waals surface area (Å²) in [7, 11) is -1.94. The van der Waals surface area contributed by atoms with Crippen LogP contribution in [-0.2, 0) is 16.9 Å². The Bertz CT molecular complexity index is 1380. The van der Waals surface area contributed by atoms with E-state index < -0.39 is 9.84 Å². The van der Waals surface area contributed by atoms with Crippen LogP contribution in [0, 0.1) is 12.1 Å². The second-order valence-electron chi connectivity index (χ2n) is 6.64. The Labute approximate surface area is 177 Å². The Morgan fingerprint density at radius 1 is 1.27 bits per heavy atom. The van der Waals surface area contributed by atoms with E-state index in [1.54, 1.807) is 37.6 Å². The van der Waals surface area contributed by atoms with Crippen LogP contribution in [0.2, 0.25) is 0 Å². The van der Waals surface area contributed by atoms with Gasteiger partial charge in [0.25, 0.3) is 0 Å². The topological polar surface area (TPSA) is 122 Å². The van der Waals surface area contributed by atoms with E-state index in [0.29, 0.717) is 22.1 Å². The lowest BCUT2D eigenvalue weighted by molar-refractivity contribution is -0.580. The van der Waals surface area contributed by atoms with E-state index in [1.165, 1.54) is 35.0 Å². The van der Waals surface area contributed by atoms with Crippen LogP contribution in [0.25, 0.3) is 28.5 Å². The molecular formula is C18H19N7O3S2. The molecule has 4 heterocycles. The summed E-state index contributed by atoms with van der Waals surface area (Å²) in [5.41, 5.74) is 1.68. The fourth-order valence-corrected chi connectivity index (χ4v) is 4.50. The van der Waals surface area contributed by atoms with Crippen molar-refractivity contribution in [2.45, 2.75) is 23.9 Å². The van der Waals surface area contributed by atoms with Gasteiger partial charge in [-0.3, -0.25) is 0 Å². The molecule has 0 aliphatic rings. The van der Waals surface area contributed by atoms with Gasteiger partial charge in [-0.05, 0) is 36.9 Å². The lowest BCUT2D eigenvalue weighted by atomic mass is 10.3. The van der Waals surface area contributed by atoms with E-state index in [9.17, 15) is 13.6 Å². The summed E-state index contributed by atoms with van der Waals surface area (Å²) in [6.07, 6.45) is 4.81. The minimum absolute atomic E-state index is 0.0477. The average molecular weight is 446 g/mol. The maximum Gasteiger partial charge on any atom is 0.312 e. The second kappa shape index (κ2) is 7.36. The maximum atomic E-state index is 12.8. The Kier molecular flexibility index (Phi) is 4.98. The quantitative estimate of drug-likeness (QED) is 0.258. The van der Waals surface area contributed by atoms with Crippen molar-refractivity contribution in [3.8, 4) is 17.3 Å². The summed E-state index contributed by atoms with van der Waals surface area (Å²) in [5.74, 6) is 0.580. The summed E-state index contributed by atoms with van der Waals surface area (Å²) < 4.78 is 29.3. The highest BCUT2D eigenvalue weighted by Gasteiger charge is 2.28. The van der Waals surface area contributed by atoms with Crippen LogP contribution in [0.15, 0.2) is 40.8 Å². The molecule has 4 aromatic heterocycles. The fourth-order valence-electron chi connectivity index (χ4n) is 3.16. The molecule has 4 aromatic rings. The third-order valence-electron chi connectivity index (χ3n) is 4.64. The zero-order valence-electron chi connectivity index (χ0n) is 16.8. The van der Waals surface area contributed by atoms with Crippen LogP contribution in [0.5, 0.6) is 0 Å². The first-order valence-electron chi connectivity index (χ1n) is 9.01. The van der Waals surface area contributed by atoms with Crippen LogP contribution in [0.1, 0.15) is 12.5 Å². The molecule has 0 aliphatic carbocycles. The molecule has 0 saturated carbocycles. The normalized spacial score (nSPS) is 12.0. The van der Waals surface area contributed by atoms with E-state index in [4.69, 9.17) is 0 Å². The van der Waals surface area contributed by atoms with Gasteiger partial charge in [0.1, 0.15) is 6.33 Å². The molecule has 30 heavy (non-hydrogen) atoms. The van der Waals surface area contributed by atoms with E-state index >= 15 is 0 Å². The van der Waals surface area contributed by atoms with Crippen molar-refractivity contribution in [1.29, 1.82) is 0 Å². The number of hydrogen-bond donors (Lipinski definition) is 0. The number of sulfone groups is 1. The minimum Gasteiger partial charge on any atom is -0.711 e. The predicted octanol–water partition coefficient (Wildman–Crippen LogP) is 1.67. The molecule has 156 valence electrons. The van der Waals surface area contributed by atoms with Crippen LogP contribution in [0.3, 0.4) is 0 Å². The molecule has 0 unspecified atom stereocenters. The molecule has 0 saturated heterocycles. The molecule has 0 radical (unpaired) electrons. The molecule has 0 atom stereocenters. The lowest BCUT2D eigenvalue weighted by Crippen LogP contribution is -2.28. The third-order valence-corrected chi connectivity index (χ3v) is 6.96. The number of imidazole rings is 1. The first-order chi connectivity index (χ1) is 14.2. The molecule has 12 heteroatoms. The zero-order chi connectivity index (χ0) is 21.6. The van der Waals surface area contributed by atoms with Gasteiger partial charge in [-0.1, -0.05) is 18.7 Å². The predicted molar refractivity (Wildman–Crippen MR) is 112 cm³/mol. The standard InChI is InChI=1S/C18H19N7O3S2/c1-5-30(27,28)13-6-7-14(24-10-19-18(22-24)29-4)21-15(13)16-20-12-8-11(2)9-25(26)17(12)23(16)3/h6-10H,5H2,1-4H3. The third kappa shape index (κ3) is 3.31. The molecule has 0 aliphatic heterocycles. The van der Waals surface area contributed by atoms with Crippen molar-refractivity contribution in [3.63, 3.8) is 0 Å². The van der Waals surface area contributed by atoms with Gasteiger partial charge in [-0.25, -0.2) is 32.4 Å². The van der Waals surface area contributed by atoms with Gasteiger partial charge in [0.05, 0.1) is 23.9 Å². The van der Waals surface area contributed by atoms with Gasteiger partial charge in [0.15, 0.2) is 26.9 Å². The number of aryl methyl sites for hydroxylation is 2. The Hall–Kier alpha value is -2.99. The number of hydrogen-bond acceptors (Lipinski definition) is 8. The number of thioether (sulfide) groups is 1. The molecule has 0 amide bonds. The summed E-state index contributed by atoms with van der Waals surface area (Å²) in [4.78, 5) is 13.3. The highest BCUT2D eigenvalue weighted by molar-refractivity contribution is 7.98. The summed E-state index contributed by atoms with van der Waals surface area (Å²) in [6, 6.07) is 4.84. The highest BCUT2D eigenvalue weighted by atomic mass is 32.2. The molecule has 0 spiro atoms. The Morgan fingerprint density at radius 3 is 2.70 bits per heavy atom. The molecule has 10 nitrogen and oxygen atoms in total. The summed E-state index contributed by atoms with van der Waals surface area (Å²) in [5, 5.41) is 17.3. The highest BCUT2D eigenvalue weighted by Crippen LogP contribution is 2.29. The van der Waals surface area contributed by atoms with Crippen LogP contribution in [-0.4, -0.2) is 49.7 Å². The van der Waals surface area contributed by atoms with Crippen LogP contribution >= 0.6 is 11.8 Å². The van der Waals surface area contributed by atoms with E-state index in [1.807, 2.05) is 6.26 Å². The van der Waals surface area contributed by atoms with Crippen molar-refractivity contribution < 1.29 is 13.1 Å². The van der Waals surface area contributed by atoms with Gasteiger partial charge in [0, 0.05) is 0 Å².